The Morgan fingerprint density at radius 2 is 2.11 bits per heavy atom. The molecule has 0 atom stereocenters. The van der Waals surface area contributed by atoms with Crippen LogP contribution < -0.4 is 10.9 Å². The van der Waals surface area contributed by atoms with Gasteiger partial charge >= 0.3 is 0 Å². The summed E-state index contributed by atoms with van der Waals surface area (Å²) in [6, 6.07) is 7.31. The molecule has 0 radical (unpaired) electrons. The maximum absolute atomic E-state index is 12.7. The largest absolute Gasteiger partial charge is 0.448 e. The highest BCUT2D eigenvalue weighted by Gasteiger charge is 2.15. The SMILES string of the molecule is CCCCCc1nnc(NC(=O)Cn2cnc3c(oc4ccccc43)c2=O)s1. The van der Waals surface area contributed by atoms with E-state index in [9.17, 15) is 9.59 Å². The van der Waals surface area contributed by atoms with Crippen molar-refractivity contribution in [2.45, 2.75) is 39.2 Å². The molecule has 4 aromatic rings. The van der Waals surface area contributed by atoms with Crippen molar-refractivity contribution in [1.82, 2.24) is 19.7 Å². The molecule has 8 nitrogen and oxygen atoms in total. The highest BCUT2D eigenvalue weighted by molar-refractivity contribution is 7.15. The summed E-state index contributed by atoms with van der Waals surface area (Å²) in [7, 11) is 0. The second-order valence-corrected chi connectivity index (χ2v) is 7.52. The van der Waals surface area contributed by atoms with Crippen LogP contribution in [-0.4, -0.2) is 25.7 Å². The first kappa shape index (κ1) is 18.3. The van der Waals surface area contributed by atoms with Gasteiger partial charge in [-0.1, -0.05) is 43.2 Å². The molecule has 0 unspecified atom stereocenters. The van der Waals surface area contributed by atoms with Crippen LogP contribution in [0.3, 0.4) is 0 Å². The highest BCUT2D eigenvalue weighted by Crippen LogP contribution is 2.24. The number of para-hydroxylation sites is 1. The Morgan fingerprint density at radius 1 is 1.25 bits per heavy atom. The van der Waals surface area contributed by atoms with Crippen LogP contribution in [0.25, 0.3) is 22.1 Å². The van der Waals surface area contributed by atoms with Crippen molar-refractivity contribution >= 4 is 44.4 Å². The lowest BCUT2D eigenvalue weighted by atomic mass is 10.2. The number of anilines is 1. The van der Waals surface area contributed by atoms with E-state index < -0.39 is 5.56 Å². The Hall–Kier alpha value is -3.07. The fourth-order valence-electron chi connectivity index (χ4n) is 2.97. The fourth-order valence-corrected chi connectivity index (χ4v) is 3.77. The third-order valence-electron chi connectivity index (χ3n) is 4.37. The van der Waals surface area contributed by atoms with Crippen LogP contribution in [0, 0.1) is 0 Å². The van der Waals surface area contributed by atoms with E-state index in [0.717, 1.165) is 36.1 Å². The Balaban J connectivity index is 1.48. The summed E-state index contributed by atoms with van der Waals surface area (Å²) in [4.78, 5) is 29.3. The average molecular weight is 397 g/mol. The molecule has 3 aromatic heterocycles. The molecule has 1 N–H and O–H groups in total. The van der Waals surface area contributed by atoms with Gasteiger partial charge in [0.1, 0.15) is 22.7 Å². The molecule has 0 fully saturated rings. The zero-order valence-electron chi connectivity index (χ0n) is 15.3. The monoisotopic (exact) mass is 397 g/mol. The fraction of sp³-hybridized carbons (Fsp3) is 0.316. The number of amides is 1. The van der Waals surface area contributed by atoms with Gasteiger partial charge in [0.05, 0.1) is 6.33 Å². The Bertz CT molecular complexity index is 1190. The number of aryl methyl sites for hydroxylation is 1. The van der Waals surface area contributed by atoms with Gasteiger partial charge in [0.25, 0.3) is 5.56 Å². The topological polar surface area (TPSA) is 103 Å². The highest BCUT2D eigenvalue weighted by atomic mass is 32.1. The minimum atomic E-state index is -0.395. The number of unbranched alkanes of at least 4 members (excludes halogenated alkanes) is 2. The molecule has 0 saturated carbocycles. The van der Waals surface area contributed by atoms with E-state index in [4.69, 9.17) is 4.42 Å². The molecule has 1 amide bonds. The minimum Gasteiger partial charge on any atom is -0.448 e. The molecule has 0 bridgehead atoms. The van der Waals surface area contributed by atoms with Crippen LogP contribution in [0.4, 0.5) is 5.13 Å². The molecule has 0 aliphatic carbocycles. The summed E-state index contributed by atoms with van der Waals surface area (Å²) in [6.07, 6.45) is 5.55. The van der Waals surface area contributed by atoms with Crippen molar-refractivity contribution in [2.24, 2.45) is 0 Å². The lowest BCUT2D eigenvalue weighted by molar-refractivity contribution is -0.116. The van der Waals surface area contributed by atoms with E-state index in [-0.39, 0.29) is 18.0 Å². The molecule has 144 valence electrons. The van der Waals surface area contributed by atoms with Crippen LogP contribution in [0.1, 0.15) is 31.2 Å². The van der Waals surface area contributed by atoms with Crippen LogP contribution in [0.5, 0.6) is 0 Å². The van der Waals surface area contributed by atoms with E-state index in [1.807, 2.05) is 18.2 Å². The average Bonchev–Trinajstić information content (AvgIpc) is 3.29. The second kappa shape index (κ2) is 7.89. The van der Waals surface area contributed by atoms with E-state index in [1.54, 1.807) is 6.07 Å². The van der Waals surface area contributed by atoms with E-state index in [0.29, 0.717) is 16.2 Å². The number of carbonyl (C=O) groups is 1. The molecule has 3 heterocycles. The molecule has 4 rings (SSSR count). The zero-order chi connectivity index (χ0) is 19.5. The lowest BCUT2D eigenvalue weighted by Crippen LogP contribution is -2.27. The summed E-state index contributed by atoms with van der Waals surface area (Å²) < 4.78 is 6.85. The van der Waals surface area contributed by atoms with Crippen molar-refractivity contribution in [2.75, 3.05) is 5.32 Å². The number of benzene rings is 1. The molecule has 9 heteroatoms. The van der Waals surface area contributed by atoms with Crippen molar-refractivity contribution in [3.63, 3.8) is 0 Å². The first-order valence-electron chi connectivity index (χ1n) is 9.14. The van der Waals surface area contributed by atoms with Gasteiger partial charge in [-0.3, -0.25) is 19.5 Å². The van der Waals surface area contributed by atoms with E-state index >= 15 is 0 Å². The Kier molecular flexibility index (Phi) is 5.16. The van der Waals surface area contributed by atoms with Gasteiger partial charge in [-0.2, -0.15) is 0 Å². The smallest absolute Gasteiger partial charge is 0.297 e. The predicted molar refractivity (Wildman–Crippen MR) is 108 cm³/mol. The number of carbonyl (C=O) groups excluding carboxylic acids is 1. The zero-order valence-corrected chi connectivity index (χ0v) is 16.2. The number of furan rings is 1. The van der Waals surface area contributed by atoms with Crippen LogP contribution in [0.15, 0.2) is 39.8 Å². The number of hydrogen-bond acceptors (Lipinski definition) is 7. The van der Waals surface area contributed by atoms with Crippen LogP contribution in [0.2, 0.25) is 0 Å². The maximum atomic E-state index is 12.7. The normalized spacial score (nSPS) is 11.3. The lowest BCUT2D eigenvalue weighted by Gasteiger charge is -2.04. The van der Waals surface area contributed by atoms with Crippen molar-refractivity contribution in [3.8, 4) is 0 Å². The first-order valence-corrected chi connectivity index (χ1v) is 9.96. The number of aromatic nitrogens is 4. The van der Waals surface area contributed by atoms with Crippen molar-refractivity contribution < 1.29 is 9.21 Å². The van der Waals surface area contributed by atoms with Gasteiger partial charge in [-0.25, -0.2) is 4.98 Å². The first-order chi connectivity index (χ1) is 13.7. The predicted octanol–water partition coefficient (Wildman–Crippen LogP) is 3.37. The third kappa shape index (κ3) is 3.65. The number of nitrogens with zero attached hydrogens (tertiary/aromatic N) is 4. The third-order valence-corrected chi connectivity index (χ3v) is 5.27. The van der Waals surface area contributed by atoms with Gasteiger partial charge in [-0.15, -0.1) is 10.2 Å². The van der Waals surface area contributed by atoms with Gasteiger partial charge in [0, 0.05) is 11.8 Å². The molecule has 1 aromatic carbocycles. The van der Waals surface area contributed by atoms with Crippen LogP contribution >= 0.6 is 11.3 Å². The molecule has 0 aliphatic rings. The summed E-state index contributed by atoms with van der Waals surface area (Å²) >= 11 is 1.36. The summed E-state index contributed by atoms with van der Waals surface area (Å²) in [6.45, 7) is 1.97. The van der Waals surface area contributed by atoms with Crippen molar-refractivity contribution in [3.05, 3.63) is 46.0 Å². The molecule has 0 aliphatic heterocycles. The number of hydrogen-bond donors (Lipinski definition) is 1. The van der Waals surface area contributed by atoms with E-state index in [1.165, 1.54) is 22.2 Å². The number of nitrogens with one attached hydrogen (secondary N) is 1. The second-order valence-electron chi connectivity index (χ2n) is 6.46. The number of fused-ring (bicyclic) bond motifs is 3. The molecule has 0 spiro atoms. The van der Waals surface area contributed by atoms with Gasteiger partial charge in [0.2, 0.25) is 16.6 Å². The summed E-state index contributed by atoms with van der Waals surface area (Å²) in [5.41, 5.74) is 0.839. The Morgan fingerprint density at radius 3 is 2.96 bits per heavy atom. The summed E-state index contributed by atoms with van der Waals surface area (Å²) in [5, 5.41) is 12.9. The van der Waals surface area contributed by atoms with Crippen molar-refractivity contribution in [1.29, 1.82) is 0 Å². The Labute approximate surface area is 164 Å². The van der Waals surface area contributed by atoms with Gasteiger partial charge in [-0.05, 0) is 18.6 Å². The van der Waals surface area contributed by atoms with Gasteiger partial charge < -0.3 is 4.42 Å². The van der Waals surface area contributed by atoms with Crippen LogP contribution in [-0.2, 0) is 17.8 Å². The molecule has 28 heavy (non-hydrogen) atoms. The van der Waals surface area contributed by atoms with Gasteiger partial charge in [0.15, 0.2) is 0 Å². The quantitative estimate of drug-likeness (QED) is 0.480. The number of rotatable bonds is 7. The maximum Gasteiger partial charge on any atom is 0.297 e. The molecule has 0 saturated heterocycles. The minimum absolute atomic E-state index is 0.144. The van der Waals surface area contributed by atoms with E-state index in [2.05, 4.69) is 27.4 Å². The molecular formula is C19H19N5O3S. The molecular weight excluding hydrogens is 378 g/mol. The summed E-state index contributed by atoms with van der Waals surface area (Å²) in [5.74, 6) is -0.365. The standard InChI is InChI=1S/C19H19N5O3S/c1-2-3-4-9-15-22-23-19(28-15)21-14(25)10-24-11-20-16-12-7-5-6-8-13(12)27-17(16)18(24)26/h5-8,11H,2-4,9-10H2,1H3,(H,21,23,25).